The average molecular weight is 412 g/mol. The first-order valence-electron chi connectivity index (χ1n) is 9.81. The topological polar surface area (TPSA) is 49.4 Å². The number of benzene rings is 1. The number of alkyl halides is 3. The molecule has 4 rings (SSSR count). The van der Waals surface area contributed by atoms with E-state index < -0.39 is 22.9 Å². The van der Waals surface area contributed by atoms with Gasteiger partial charge in [-0.25, -0.2) is 0 Å². The molecule has 1 saturated heterocycles. The first kappa shape index (κ1) is 19.6. The van der Waals surface area contributed by atoms with Gasteiger partial charge in [0.25, 0.3) is 0 Å². The minimum absolute atomic E-state index is 0.0163. The van der Waals surface area contributed by atoms with Crippen LogP contribution >= 0.6 is 11.8 Å². The summed E-state index contributed by atoms with van der Waals surface area (Å²) in [6.07, 6.45) is 2.44. The van der Waals surface area contributed by atoms with Gasteiger partial charge in [0.1, 0.15) is 0 Å². The summed E-state index contributed by atoms with van der Waals surface area (Å²) in [7, 11) is 0. The van der Waals surface area contributed by atoms with Crippen molar-refractivity contribution in [3.63, 3.8) is 0 Å². The normalized spacial score (nSPS) is 25.7. The largest absolute Gasteiger partial charge is 0.416 e. The summed E-state index contributed by atoms with van der Waals surface area (Å²) in [6, 6.07) is 3.62. The van der Waals surface area contributed by atoms with E-state index in [0.29, 0.717) is 10.8 Å². The fourth-order valence-electron chi connectivity index (χ4n) is 4.67. The van der Waals surface area contributed by atoms with E-state index in [9.17, 15) is 22.8 Å². The zero-order chi connectivity index (χ0) is 19.9. The smallest absolute Gasteiger partial charge is 0.339 e. The number of hydrogen-bond acceptors (Lipinski definition) is 3. The third-order valence-electron chi connectivity index (χ3n) is 6.05. The van der Waals surface area contributed by atoms with Crippen LogP contribution in [0.5, 0.6) is 0 Å². The number of fused-ring (bicyclic) bond motifs is 1. The van der Waals surface area contributed by atoms with Crippen LogP contribution in [0.1, 0.15) is 50.5 Å². The summed E-state index contributed by atoms with van der Waals surface area (Å²) in [6.45, 7) is 0.741. The number of carbonyl (C=O) groups is 2. The van der Waals surface area contributed by atoms with Gasteiger partial charge in [-0.3, -0.25) is 9.59 Å². The van der Waals surface area contributed by atoms with Gasteiger partial charge in [-0.2, -0.15) is 13.2 Å². The third-order valence-corrected chi connectivity index (χ3v) is 7.33. The maximum absolute atomic E-state index is 12.9. The van der Waals surface area contributed by atoms with Gasteiger partial charge in [-0.05, 0) is 49.8 Å². The Kier molecular flexibility index (Phi) is 5.33. The maximum atomic E-state index is 12.9. The van der Waals surface area contributed by atoms with Gasteiger partial charge < -0.3 is 10.2 Å². The molecule has 1 aliphatic carbocycles. The molecule has 0 aromatic heterocycles. The number of carbonyl (C=O) groups excluding carboxylic acids is 2. The molecule has 3 aliphatic rings. The number of hydrogen-bond donors (Lipinski definition) is 1. The monoisotopic (exact) mass is 412 g/mol. The van der Waals surface area contributed by atoms with Crippen molar-refractivity contribution in [3.8, 4) is 0 Å². The second-order valence-electron chi connectivity index (χ2n) is 7.85. The van der Waals surface area contributed by atoms with Crippen molar-refractivity contribution in [1.29, 1.82) is 0 Å². The number of likely N-dealkylation sites (tertiary alicyclic amines) is 1. The van der Waals surface area contributed by atoms with E-state index in [0.717, 1.165) is 31.5 Å². The maximum Gasteiger partial charge on any atom is 0.416 e. The van der Waals surface area contributed by atoms with Crippen LogP contribution in [-0.4, -0.2) is 34.6 Å². The van der Waals surface area contributed by atoms with E-state index in [4.69, 9.17) is 0 Å². The molecule has 2 aliphatic heterocycles. The highest BCUT2D eigenvalue weighted by Gasteiger charge is 2.39. The molecule has 152 valence electrons. The summed E-state index contributed by atoms with van der Waals surface area (Å²) >= 11 is 1.18. The zero-order valence-electron chi connectivity index (χ0n) is 15.4. The first-order valence-corrected chi connectivity index (χ1v) is 10.7. The van der Waals surface area contributed by atoms with Gasteiger partial charge >= 0.3 is 6.18 Å². The van der Waals surface area contributed by atoms with Crippen LogP contribution in [0.4, 0.5) is 18.9 Å². The van der Waals surface area contributed by atoms with Crippen molar-refractivity contribution in [1.82, 2.24) is 4.90 Å². The Morgan fingerprint density at radius 2 is 1.93 bits per heavy atom. The highest BCUT2D eigenvalue weighted by molar-refractivity contribution is 8.01. The molecular formula is C20H23F3N2O2S. The lowest BCUT2D eigenvalue weighted by molar-refractivity contribution is -0.137. The van der Waals surface area contributed by atoms with Crippen LogP contribution in [0.15, 0.2) is 23.1 Å². The SMILES string of the molecule is O=C1Nc2cc(C(F)(F)F)ccc2S[C@@H]1CC(=O)N1CCC[C@H]1C1CCCC1. The summed E-state index contributed by atoms with van der Waals surface area (Å²) in [5.74, 6) is 0.153. The Morgan fingerprint density at radius 1 is 1.18 bits per heavy atom. The fraction of sp³-hybridized carbons (Fsp3) is 0.600. The molecule has 0 unspecified atom stereocenters. The highest BCUT2D eigenvalue weighted by Crippen LogP contribution is 2.41. The van der Waals surface area contributed by atoms with Crippen molar-refractivity contribution in [2.24, 2.45) is 5.92 Å². The van der Waals surface area contributed by atoms with Crippen molar-refractivity contribution in [3.05, 3.63) is 23.8 Å². The van der Waals surface area contributed by atoms with Crippen LogP contribution in [0.3, 0.4) is 0 Å². The predicted octanol–water partition coefficient (Wildman–Crippen LogP) is 4.69. The molecule has 2 atom stereocenters. The number of anilines is 1. The van der Waals surface area contributed by atoms with E-state index in [1.807, 2.05) is 4.90 Å². The highest BCUT2D eigenvalue weighted by atomic mass is 32.2. The quantitative estimate of drug-likeness (QED) is 0.784. The van der Waals surface area contributed by atoms with Crippen molar-refractivity contribution in [2.75, 3.05) is 11.9 Å². The van der Waals surface area contributed by atoms with Crippen molar-refractivity contribution >= 4 is 29.3 Å². The van der Waals surface area contributed by atoms with Gasteiger partial charge in [0.15, 0.2) is 0 Å². The van der Waals surface area contributed by atoms with Crippen LogP contribution < -0.4 is 5.32 Å². The van der Waals surface area contributed by atoms with E-state index in [1.165, 1.54) is 43.5 Å². The molecule has 28 heavy (non-hydrogen) atoms. The second-order valence-corrected chi connectivity index (χ2v) is 9.09. The second kappa shape index (κ2) is 7.61. The fourth-order valence-corrected chi connectivity index (χ4v) is 5.75. The first-order chi connectivity index (χ1) is 13.3. The minimum Gasteiger partial charge on any atom is -0.339 e. The van der Waals surface area contributed by atoms with Crippen LogP contribution in [0.25, 0.3) is 0 Å². The Labute approximate surface area is 166 Å². The van der Waals surface area contributed by atoms with Crippen molar-refractivity contribution < 1.29 is 22.8 Å². The molecule has 2 heterocycles. The standard InChI is InChI=1S/C20H23F3N2O2S/c21-20(22,23)13-7-8-16-14(10-13)24-19(27)17(28-16)11-18(26)25-9-3-6-15(25)12-4-1-2-5-12/h7-8,10,12,15,17H,1-6,9,11H2,(H,24,27)/t15-,17+/m0/s1. The summed E-state index contributed by atoms with van der Waals surface area (Å²) in [4.78, 5) is 27.8. The number of nitrogens with zero attached hydrogens (tertiary/aromatic N) is 1. The number of thioether (sulfide) groups is 1. The lowest BCUT2D eigenvalue weighted by Gasteiger charge is -2.31. The Bertz CT molecular complexity index is 777. The molecule has 2 amide bonds. The molecule has 0 spiro atoms. The van der Waals surface area contributed by atoms with Gasteiger partial charge in [-0.15, -0.1) is 11.8 Å². The van der Waals surface area contributed by atoms with Gasteiger partial charge in [0.2, 0.25) is 11.8 Å². The molecule has 2 fully saturated rings. The summed E-state index contributed by atoms with van der Waals surface area (Å²) in [5.41, 5.74) is -0.628. The van der Waals surface area contributed by atoms with Crippen LogP contribution in [0.2, 0.25) is 0 Å². The van der Waals surface area contributed by atoms with E-state index in [2.05, 4.69) is 5.32 Å². The number of nitrogens with one attached hydrogen (secondary N) is 1. The molecule has 1 aromatic rings. The minimum atomic E-state index is -4.46. The molecule has 8 heteroatoms. The number of rotatable bonds is 3. The average Bonchev–Trinajstić information content (AvgIpc) is 3.32. The predicted molar refractivity (Wildman–Crippen MR) is 101 cm³/mol. The Balaban J connectivity index is 1.44. The Morgan fingerprint density at radius 3 is 2.64 bits per heavy atom. The van der Waals surface area contributed by atoms with Crippen LogP contribution in [-0.2, 0) is 15.8 Å². The van der Waals surface area contributed by atoms with Crippen molar-refractivity contribution in [2.45, 2.75) is 67.3 Å². The van der Waals surface area contributed by atoms with E-state index in [-0.39, 0.29) is 24.1 Å². The molecule has 0 radical (unpaired) electrons. The lowest BCUT2D eigenvalue weighted by Crippen LogP contribution is -2.42. The summed E-state index contributed by atoms with van der Waals surface area (Å²) < 4.78 is 38.6. The van der Waals surface area contributed by atoms with Gasteiger partial charge in [0, 0.05) is 23.9 Å². The summed E-state index contributed by atoms with van der Waals surface area (Å²) in [5, 5.41) is 1.94. The van der Waals surface area contributed by atoms with E-state index in [1.54, 1.807) is 0 Å². The number of amides is 2. The van der Waals surface area contributed by atoms with Crippen LogP contribution in [0, 0.1) is 5.92 Å². The molecule has 1 saturated carbocycles. The van der Waals surface area contributed by atoms with Gasteiger partial charge in [-0.1, -0.05) is 12.8 Å². The van der Waals surface area contributed by atoms with Gasteiger partial charge in [0.05, 0.1) is 16.5 Å². The number of halogens is 3. The lowest BCUT2D eigenvalue weighted by atomic mass is 9.96. The molecular weight excluding hydrogens is 389 g/mol. The molecule has 0 bridgehead atoms. The third kappa shape index (κ3) is 3.88. The zero-order valence-corrected chi connectivity index (χ0v) is 16.2. The molecule has 1 aromatic carbocycles. The van der Waals surface area contributed by atoms with E-state index >= 15 is 0 Å². The molecule has 4 nitrogen and oxygen atoms in total. The molecule has 1 N–H and O–H groups in total. The Hall–Kier alpha value is -1.70.